The molecule has 3 rings (SSSR count). The molecule has 4 nitrogen and oxygen atoms in total. The first-order valence-electron chi connectivity index (χ1n) is 9.67. The van der Waals surface area contributed by atoms with Crippen molar-refractivity contribution in [1.82, 2.24) is 4.98 Å². The highest BCUT2D eigenvalue weighted by molar-refractivity contribution is 7.15. The molecule has 0 aliphatic heterocycles. The molecular formula is C23H22F3NO3S. The van der Waals surface area contributed by atoms with Crippen molar-refractivity contribution in [3.8, 4) is 16.3 Å². The third kappa shape index (κ3) is 5.64. The fourth-order valence-corrected chi connectivity index (χ4v) is 4.28. The Bertz CT molecular complexity index is 1070. The average Bonchev–Trinajstić information content (AvgIpc) is 3.08. The van der Waals surface area contributed by atoms with E-state index < -0.39 is 17.7 Å². The van der Waals surface area contributed by atoms with Gasteiger partial charge in [0.05, 0.1) is 16.1 Å². The van der Waals surface area contributed by atoms with Gasteiger partial charge in [-0.1, -0.05) is 18.2 Å². The molecular weight excluding hydrogens is 427 g/mol. The normalized spacial score (nSPS) is 12.6. The molecule has 0 aliphatic rings. The minimum absolute atomic E-state index is 0.0736. The fourth-order valence-electron chi connectivity index (χ4n) is 3.23. The van der Waals surface area contributed by atoms with Crippen LogP contribution in [0.1, 0.15) is 46.7 Å². The number of hydrogen-bond donors (Lipinski definition) is 1. The first kappa shape index (κ1) is 22.8. The van der Waals surface area contributed by atoms with Gasteiger partial charge in [-0.3, -0.25) is 4.79 Å². The highest BCUT2D eigenvalue weighted by Gasteiger charge is 2.30. The predicted molar refractivity (Wildman–Crippen MR) is 113 cm³/mol. The minimum Gasteiger partial charge on any atom is -0.485 e. The Morgan fingerprint density at radius 1 is 1.16 bits per heavy atom. The number of aryl methyl sites for hydroxylation is 3. The van der Waals surface area contributed by atoms with Crippen molar-refractivity contribution in [3.05, 3.63) is 69.7 Å². The summed E-state index contributed by atoms with van der Waals surface area (Å²) >= 11 is 1.39. The monoisotopic (exact) mass is 449 g/mol. The molecule has 1 heterocycles. The van der Waals surface area contributed by atoms with Crippen LogP contribution in [0.4, 0.5) is 13.2 Å². The third-order valence-electron chi connectivity index (χ3n) is 4.90. The van der Waals surface area contributed by atoms with Crippen LogP contribution in [0.5, 0.6) is 5.75 Å². The van der Waals surface area contributed by atoms with Gasteiger partial charge in [0, 0.05) is 12.0 Å². The van der Waals surface area contributed by atoms with Gasteiger partial charge >= 0.3 is 12.1 Å². The summed E-state index contributed by atoms with van der Waals surface area (Å²) in [6.45, 7) is 5.65. The number of alkyl halides is 3. The lowest BCUT2D eigenvalue weighted by atomic mass is 10.0. The second-order valence-corrected chi connectivity index (χ2v) is 8.32. The Morgan fingerprint density at radius 3 is 2.42 bits per heavy atom. The summed E-state index contributed by atoms with van der Waals surface area (Å²) in [5.74, 6) is -0.175. The highest BCUT2D eigenvalue weighted by atomic mass is 32.1. The second-order valence-electron chi connectivity index (χ2n) is 7.29. The molecule has 3 aromatic rings. The standard InChI is InChI=1S/C23H22F3NO3S/c1-13-12-19(10-6-16(13)7-11-20(28)29)30-15(3)21-14(2)27-22(31-21)17-4-8-18(9-5-17)23(24,25)26/h4-6,8-10,12,15H,7,11H2,1-3H3,(H,28,29). The number of rotatable bonds is 7. The van der Waals surface area contributed by atoms with Crippen molar-refractivity contribution in [2.75, 3.05) is 0 Å². The van der Waals surface area contributed by atoms with Gasteiger partial charge in [-0.15, -0.1) is 11.3 Å². The number of hydrogen-bond acceptors (Lipinski definition) is 4. The van der Waals surface area contributed by atoms with E-state index in [9.17, 15) is 18.0 Å². The zero-order valence-electron chi connectivity index (χ0n) is 17.3. The number of carbonyl (C=O) groups is 1. The van der Waals surface area contributed by atoms with Crippen LogP contribution in [0.2, 0.25) is 0 Å². The summed E-state index contributed by atoms with van der Waals surface area (Å²) in [6, 6.07) is 10.5. The van der Waals surface area contributed by atoms with E-state index in [1.807, 2.05) is 39.0 Å². The van der Waals surface area contributed by atoms with E-state index in [1.165, 1.54) is 23.5 Å². The Kier molecular flexibility index (Phi) is 6.69. The lowest BCUT2D eigenvalue weighted by Crippen LogP contribution is -2.04. The summed E-state index contributed by atoms with van der Waals surface area (Å²) in [6.07, 6.45) is -4.14. The molecule has 0 fully saturated rings. The van der Waals surface area contributed by atoms with Gasteiger partial charge in [0.2, 0.25) is 0 Å². The van der Waals surface area contributed by atoms with Gasteiger partial charge in [-0.2, -0.15) is 13.2 Å². The summed E-state index contributed by atoms with van der Waals surface area (Å²) in [5, 5.41) is 9.48. The van der Waals surface area contributed by atoms with Gasteiger partial charge in [-0.05, 0) is 62.6 Å². The topological polar surface area (TPSA) is 59.4 Å². The SMILES string of the molecule is Cc1cc(OC(C)c2sc(-c3ccc(C(F)(F)F)cc3)nc2C)ccc1CCC(=O)O. The van der Waals surface area contributed by atoms with E-state index in [-0.39, 0.29) is 12.5 Å². The fraction of sp³-hybridized carbons (Fsp3) is 0.304. The van der Waals surface area contributed by atoms with Crippen LogP contribution in [0, 0.1) is 13.8 Å². The summed E-state index contributed by atoms with van der Waals surface area (Å²) < 4.78 is 44.4. The summed E-state index contributed by atoms with van der Waals surface area (Å²) in [5.41, 5.74) is 2.61. The molecule has 1 atom stereocenters. The number of benzene rings is 2. The zero-order chi connectivity index (χ0) is 22.8. The Balaban J connectivity index is 1.74. The molecule has 1 unspecified atom stereocenters. The van der Waals surface area contributed by atoms with Crippen molar-refractivity contribution < 1.29 is 27.8 Å². The molecule has 0 spiro atoms. The lowest BCUT2D eigenvalue weighted by molar-refractivity contribution is -0.138. The number of aromatic nitrogens is 1. The molecule has 1 N–H and O–H groups in total. The van der Waals surface area contributed by atoms with Crippen molar-refractivity contribution in [2.24, 2.45) is 0 Å². The van der Waals surface area contributed by atoms with Crippen molar-refractivity contribution in [2.45, 2.75) is 45.9 Å². The van der Waals surface area contributed by atoms with E-state index in [2.05, 4.69) is 4.98 Å². The van der Waals surface area contributed by atoms with Gasteiger partial charge in [0.1, 0.15) is 16.9 Å². The number of aliphatic carboxylic acids is 1. The first-order valence-corrected chi connectivity index (χ1v) is 10.5. The lowest BCUT2D eigenvalue weighted by Gasteiger charge is -2.15. The Hall–Kier alpha value is -2.87. The molecule has 0 radical (unpaired) electrons. The van der Waals surface area contributed by atoms with E-state index in [4.69, 9.17) is 9.84 Å². The van der Waals surface area contributed by atoms with Crippen LogP contribution < -0.4 is 4.74 Å². The van der Waals surface area contributed by atoms with Crippen molar-refractivity contribution in [1.29, 1.82) is 0 Å². The number of nitrogens with zero attached hydrogens (tertiary/aromatic N) is 1. The quantitative estimate of drug-likeness (QED) is 0.441. The highest BCUT2D eigenvalue weighted by Crippen LogP contribution is 2.36. The summed E-state index contributed by atoms with van der Waals surface area (Å²) in [7, 11) is 0. The Labute approximate surface area is 182 Å². The van der Waals surface area contributed by atoms with Gasteiger partial charge < -0.3 is 9.84 Å². The van der Waals surface area contributed by atoms with Crippen molar-refractivity contribution in [3.63, 3.8) is 0 Å². The minimum atomic E-state index is -4.37. The van der Waals surface area contributed by atoms with Crippen molar-refractivity contribution >= 4 is 17.3 Å². The van der Waals surface area contributed by atoms with Crippen LogP contribution in [-0.2, 0) is 17.4 Å². The first-order chi connectivity index (χ1) is 14.5. The van der Waals surface area contributed by atoms with Crippen LogP contribution >= 0.6 is 11.3 Å². The molecule has 1 aromatic heterocycles. The maximum Gasteiger partial charge on any atom is 0.416 e. The van der Waals surface area contributed by atoms with E-state index in [1.54, 1.807) is 0 Å². The van der Waals surface area contributed by atoms with E-state index in [0.29, 0.717) is 22.7 Å². The van der Waals surface area contributed by atoms with Gasteiger partial charge in [0.15, 0.2) is 0 Å². The molecule has 0 aliphatic carbocycles. The van der Waals surface area contributed by atoms with Crippen LogP contribution in [0.15, 0.2) is 42.5 Å². The van der Waals surface area contributed by atoms with Gasteiger partial charge in [0.25, 0.3) is 0 Å². The predicted octanol–water partition coefficient (Wildman–Crippen LogP) is 6.60. The largest absolute Gasteiger partial charge is 0.485 e. The molecule has 0 bridgehead atoms. The molecule has 0 saturated heterocycles. The Morgan fingerprint density at radius 2 is 1.84 bits per heavy atom. The zero-order valence-corrected chi connectivity index (χ0v) is 18.1. The molecule has 2 aromatic carbocycles. The second kappa shape index (κ2) is 9.09. The molecule has 0 amide bonds. The molecule has 8 heteroatoms. The molecule has 31 heavy (non-hydrogen) atoms. The number of ether oxygens (including phenoxy) is 1. The van der Waals surface area contributed by atoms with Crippen LogP contribution in [-0.4, -0.2) is 16.1 Å². The van der Waals surface area contributed by atoms with E-state index in [0.717, 1.165) is 33.8 Å². The number of halogens is 3. The smallest absolute Gasteiger partial charge is 0.416 e. The average molecular weight is 449 g/mol. The van der Waals surface area contributed by atoms with E-state index >= 15 is 0 Å². The van der Waals surface area contributed by atoms with Crippen LogP contribution in [0.25, 0.3) is 10.6 Å². The number of carboxylic acid groups (broad SMARTS) is 1. The number of thiazole rings is 1. The summed E-state index contributed by atoms with van der Waals surface area (Å²) in [4.78, 5) is 16.2. The maximum absolute atomic E-state index is 12.8. The third-order valence-corrected chi connectivity index (χ3v) is 6.26. The number of carboxylic acids is 1. The van der Waals surface area contributed by atoms with Gasteiger partial charge in [-0.25, -0.2) is 4.98 Å². The van der Waals surface area contributed by atoms with Crippen LogP contribution in [0.3, 0.4) is 0 Å². The molecule has 164 valence electrons. The molecule has 0 saturated carbocycles. The maximum atomic E-state index is 12.8.